The van der Waals surface area contributed by atoms with E-state index in [9.17, 15) is 9.59 Å². The van der Waals surface area contributed by atoms with Crippen LogP contribution in [0.5, 0.6) is 0 Å². The fourth-order valence-electron chi connectivity index (χ4n) is 5.88. The normalized spacial score (nSPS) is 23.4. The highest BCUT2D eigenvalue weighted by Gasteiger charge is 2.37. The monoisotopic (exact) mass is 489 g/mol. The first-order valence-electron chi connectivity index (χ1n) is 13.4. The lowest BCUT2D eigenvalue weighted by molar-refractivity contribution is -0.143. The lowest BCUT2D eigenvalue weighted by Gasteiger charge is -2.41. The van der Waals surface area contributed by atoms with Crippen LogP contribution in [0.1, 0.15) is 88.6 Å². The lowest BCUT2D eigenvalue weighted by Crippen LogP contribution is -2.53. The first kappa shape index (κ1) is 26.8. The van der Waals surface area contributed by atoms with Crippen molar-refractivity contribution in [2.75, 3.05) is 31.1 Å². The van der Waals surface area contributed by atoms with Crippen LogP contribution in [0.2, 0.25) is 5.02 Å². The predicted octanol–water partition coefficient (Wildman–Crippen LogP) is 6.07. The van der Waals surface area contributed by atoms with Crippen molar-refractivity contribution in [3.05, 3.63) is 28.3 Å². The van der Waals surface area contributed by atoms with E-state index in [-0.39, 0.29) is 29.7 Å². The molecule has 6 heteroatoms. The number of amides is 2. The summed E-state index contributed by atoms with van der Waals surface area (Å²) in [5.74, 6) is 0.825. The van der Waals surface area contributed by atoms with Crippen molar-refractivity contribution in [2.24, 2.45) is 17.8 Å². The van der Waals surface area contributed by atoms with Crippen LogP contribution in [-0.2, 0) is 4.79 Å². The number of nitrogens with one attached hydrogen (secondary N) is 1. The summed E-state index contributed by atoms with van der Waals surface area (Å²) in [5, 5.41) is 3.66. The molecule has 1 aromatic rings. The van der Waals surface area contributed by atoms with Crippen molar-refractivity contribution in [1.82, 2.24) is 10.2 Å². The molecular weight excluding hydrogens is 446 g/mol. The number of carbonyl (C=O) groups is 2. The molecule has 2 aliphatic rings. The second-order valence-electron chi connectivity index (χ2n) is 10.6. The molecule has 0 radical (unpaired) electrons. The van der Waals surface area contributed by atoms with Gasteiger partial charge in [-0.15, -0.1) is 0 Å². The number of carbonyl (C=O) groups excluding carboxylic acids is 2. The van der Waals surface area contributed by atoms with Gasteiger partial charge in [-0.05, 0) is 76.0 Å². The smallest absolute Gasteiger partial charge is 0.251 e. The average Bonchev–Trinajstić information content (AvgIpc) is 3.31. The summed E-state index contributed by atoms with van der Waals surface area (Å²) < 4.78 is 0. The summed E-state index contributed by atoms with van der Waals surface area (Å²) in [7, 11) is 0. The van der Waals surface area contributed by atoms with Gasteiger partial charge in [-0.25, -0.2) is 0 Å². The molecule has 190 valence electrons. The highest BCUT2D eigenvalue weighted by molar-refractivity contribution is 6.31. The van der Waals surface area contributed by atoms with E-state index in [4.69, 9.17) is 11.6 Å². The third-order valence-corrected chi connectivity index (χ3v) is 8.25. The summed E-state index contributed by atoms with van der Waals surface area (Å²) in [6.45, 7) is 13.7. The van der Waals surface area contributed by atoms with Crippen LogP contribution in [0.25, 0.3) is 0 Å². The third-order valence-electron chi connectivity index (χ3n) is 8.03. The first-order valence-corrected chi connectivity index (χ1v) is 13.8. The number of nitrogens with zero attached hydrogens (tertiary/aromatic N) is 2. The number of piperidine rings is 1. The maximum Gasteiger partial charge on any atom is 0.251 e. The summed E-state index contributed by atoms with van der Waals surface area (Å²) in [5.41, 5.74) is 2.62. The number of hydrogen-bond acceptors (Lipinski definition) is 3. The SMILES string of the molecule is CCCCN1C(=O)C(CNC(=O)c2cc(Cl)cc(N(CC)CC3CCCC3)c2C)C(C)CC1C. The zero-order valence-electron chi connectivity index (χ0n) is 21.8. The maximum absolute atomic E-state index is 13.3. The van der Waals surface area contributed by atoms with Crippen molar-refractivity contribution >= 4 is 29.1 Å². The second-order valence-corrected chi connectivity index (χ2v) is 11.0. The zero-order chi connectivity index (χ0) is 24.8. The molecule has 3 atom stereocenters. The van der Waals surface area contributed by atoms with Crippen molar-refractivity contribution < 1.29 is 9.59 Å². The summed E-state index contributed by atoms with van der Waals surface area (Å²) in [6.07, 6.45) is 8.26. The Balaban J connectivity index is 1.72. The highest BCUT2D eigenvalue weighted by atomic mass is 35.5. The summed E-state index contributed by atoms with van der Waals surface area (Å²) in [6, 6.07) is 4.02. The largest absolute Gasteiger partial charge is 0.371 e. The van der Waals surface area contributed by atoms with Crippen molar-refractivity contribution in [2.45, 2.75) is 85.6 Å². The number of likely N-dealkylation sites (tertiary alicyclic amines) is 1. The van der Waals surface area contributed by atoms with E-state index in [2.05, 4.69) is 37.9 Å². The molecule has 5 nitrogen and oxygen atoms in total. The second kappa shape index (κ2) is 12.3. The first-order chi connectivity index (χ1) is 16.3. The summed E-state index contributed by atoms with van der Waals surface area (Å²) >= 11 is 6.50. The van der Waals surface area contributed by atoms with E-state index in [1.54, 1.807) is 6.07 Å². The van der Waals surface area contributed by atoms with Gasteiger partial charge in [-0.3, -0.25) is 9.59 Å². The topological polar surface area (TPSA) is 52.7 Å². The van der Waals surface area contributed by atoms with Crippen LogP contribution < -0.4 is 10.2 Å². The van der Waals surface area contributed by atoms with Gasteiger partial charge < -0.3 is 15.1 Å². The van der Waals surface area contributed by atoms with Crippen LogP contribution in [0.3, 0.4) is 0 Å². The molecule has 3 rings (SSSR count). The molecule has 1 aliphatic carbocycles. The van der Waals surface area contributed by atoms with Gasteiger partial charge in [0, 0.05) is 48.5 Å². The molecule has 34 heavy (non-hydrogen) atoms. The van der Waals surface area contributed by atoms with Crippen LogP contribution in [0.4, 0.5) is 5.69 Å². The molecule has 0 spiro atoms. The van der Waals surface area contributed by atoms with E-state index < -0.39 is 0 Å². The number of hydrogen-bond donors (Lipinski definition) is 1. The molecule has 0 bridgehead atoms. The van der Waals surface area contributed by atoms with Gasteiger partial charge >= 0.3 is 0 Å². The minimum atomic E-state index is -0.175. The highest BCUT2D eigenvalue weighted by Crippen LogP contribution is 2.33. The number of rotatable bonds is 10. The number of benzene rings is 1. The molecule has 1 aliphatic heterocycles. The number of unbranched alkanes of at least 4 members (excludes halogenated alkanes) is 1. The Hall–Kier alpha value is -1.75. The Morgan fingerprint density at radius 3 is 2.56 bits per heavy atom. The van der Waals surface area contributed by atoms with Gasteiger partial charge in [0.25, 0.3) is 5.91 Å². The predicted molar refractivity (Wildman–Crippen MR) is 142 cm³/mol. The molecule has 1 N–H and O–H groups in total. The van der Waals surface area contributed by atoms with Crippen LogP contribution >= 0.6 is 11.6 Å². The fraction of sp³-hybridized carbons (Fsp3) is 0.714. The van der Waals surface area contributed by atoms with Gasteiger partial charge in [0.15, 0.2) is 0 Å². The van der Waals surface area contributed by atoms with Crippen LogP contribution in [0.15, 0.2) is 12.1 Å². The average molecular weight is 490 g/mol. The number of halogens is 1. The minimum Gasteiger partial charge on any atom is -0.371 e. The lowest BCUT2D eigenvalue weighted by atomic mass is 9.82. The van der Waals surface area contributed by atoms with E-state index in [0.717, 1.165) is 50.1 Å². The quantitative estimate of drug-likeness (QED) is 0.434. The van der Waals surface area contributed by atoms with E-state index in [1.165, 1.54) is 25.7 Å². The Kier molecular flexibility index (Phi) is 9.70. The van der Waals surface area contributed by atoms with Crippen molar-refractivity contribution in [3.8, 4) is 0 Å². The molecule has 2 fully saturated rings. The molecule has 0 aromatic heterocycles. The van der Waals surface area contributed by atoms with Gasteiger partial charge in [-0.1, -0.05) is 44.7 Å². The Labute approximate surface area is 211 Å². The van der Waals surface area contributed by atoms with Crippen LogP contribution in [0, 0.1) is 24.7 Å². The fourth-order valence-corrected chi connectivity index (χ4v) is 6.09. The molecular formula is C28H44ClN3O2. The number of anilines is 1. The summed E-state index contributed by atoms with van der Waals surface area (Å²) in [4.78, 5) is 30.9. The third kappa shape index (κ3) is 6.27. The molecule has 1 aromatic carbocycles. The Morgan fingerprint density at radius 1 is 1.21 bits per heavy atom. The molecule has 3 unspecified atom stereocenters. The van der Waals surface area contributed by atoms with Gasteiger partial charge in [-0.2, -0.15) is 0 Å². The van der Waals surface area contributed by atoms with E-state index in [0.29, 0.717) is 23.0 Å². The van der Waals surface area contributed by atoms with Crippen LogP contribution in [-0.4, -0.2) is 48.9 Å². The maximum atomic E-state index is 13.3. The molecule has 1 heterocycles. The zero-order valence-corrected chi connectivity index (χ0v) is 22.6. The van der Waals surface area contributed by atoms with Gasteiger partial charge in [0.2, 0.25) is 5.91 Å². The van der Waals surface area contributed by atoms with Gasteiger partial charge in [0.1, 0.15) is 0 Å². The Morgan fingerprint density at radius 2 is 1.91 bits per heavy atom. The van der Waals surface area contributed by atoms with Crippen molar-refractivity contribution in [3.63, 3.8) is 0 Å². The standard InChI is InChI=1S/C28H44ClN3O2/c1-6-8-13-32-20(4)14-19(3)25(28(32)34)17-30-27(33)24-15-23(29)16-26(21(24)5)31(7-2)18-22-11-9-10-12-22/h15-16,19-20,22,25H,6-14,17-18H2,1-5H3,(H,30,33). The van der Waals surface area contributed by atoms with E-state index >= 15 is 0 Å². The van der Waals surface area contributed by atoms with E-state index in [1.807, 2.05) is 17.9 Å². The van der Waals surface area contributed by atoms with Gasteiger partial charge in [0.05, 0.1) is 5.92 Å². The molecule has 1 saturated carbocycles. The molecule has 2 amide bonds. The molecule has 1 saturated heterocycles. The Bertz CT molecular complexity index is 852. The minimum absolute atomic E-state index is 0.142. The van der Waals surface area contributed by atoms with Crippen molar-refractivity contribution in [1.29, 1.82) is 0 Å².